The first kappa shape index (κ1) is 15.5. The van der Waals surface area contributed by atoms with Crippen LogP contribution in [-0.2, 0) is 0 Å². The van der Waals surface area contributed by atoms with Crippen molar-refractivity contribution in [2.45, 2.75) is 38.1 Å². The van der Waals surface area contributed by atoms with Gasteiger partial charge in [0.05, 0.1) is 6.04 Å². The summed E-state index contributed by atoms with van der Waals surface area (Å²) in [7, 11) is 2.07. The zero-order valence-electron chi connectivity index (χ0n) is 15.1. The van der Waals surface area contributed by atoms with Crippen molar-refractivity contribution in [1.29, 1.82) is 0 Å². The Morgan fingerprint density at radius 3 is 2.81 bits per heavy atom. The van der Waals surface area contributed by atoms with Crippen LogP contribution in [0.2, 0.25) is 0 Å². The maximum absolute atomic E-state index is 4.83. The maximum Gasteiger partial charge on any atom is 0.225 e. The number of anilines is 2. The number of hydrogen-bond acceptors (Lipinski definition) is 7. The van der Waals surface area contributed by atoms with Gasteiger partial charge in [-0.2, -0.15) is 4.52 Å². The minimum Gasteiger partial charge on any atom is -0.353 e. The zero-order chi connectivity index (χ0) is 17.7. The molecule has 0 N–H and O–H groups in total. The molecule has 1 aliphatic carbocycles. The summed E-state index contributed by atoms with van der Waals surface area (Å²) >= 11 is 0. The lowest BCUT2D eigenvalue weighted by Crippen LogP contribution is -2.36. The Hall–Kier alpha value is -2.77. The van der Waals surface area contributed by atoms with E-state index < -0.39 is 0 Å². The largest absolute Gasteiger partial charge is 0.353 e. The summed E-state index contributed by atoms with van der Waals surface area (Å²) in [6.45, 7) is 3.88. The van der Waals surface area contributed by atoms with Crippen LogP contribution < -0.4 is 9.80 Å². The molecule has 1 aliphatic heterocycles. The molecule has 0 radical (unpaired) electrons. The minimum absolute atomic E-state index is 0.373. The molecule has 1 saturated carbocycles. The molecule has 0 aromatic carbocycles. The summed E-state index contributed by atoms with van der Waals surface area (Å²) in [4.78, 5) is 13.5. The van der Waals surface area contributed by atoms with E-state index in [2.05, 4.69) is 37.0 Å². The Kier molecular flexibility index (Phi) is 3.51. The van der Waals surface area contributed by atoms with Gasteiger partial charge in [0.1, 0.15) is 5.82 Å². The Morgan fingerprint density at radius 2 is 2.00 bits per heavy atom. The predicted octanol–water partition coefficient (Wildman–Crippen LogP) is 1.82. The summed E-state index contributed by atoms with van der Waals surface area (Å²) in [6, 6.07) is 6.36. The summed E-state index contributed by atoms with van der Waals surface area (Å²) < 4.78 is 1.92. The second-order valence-corrected chi connectivity index (χ2v) is 7.29. The van der Waals surface area contributed by atoms with Crippen molar-refractivity contribution in [3.05, 3.63) is 35.9 Å². The van der Waals surface area contributed by atoms with Crippen molar-refractivity contribution in [1.82, 2.24) is 29.8 Å². The van der Waals surface area contributed by atoms with E-state index in [0.29, 0.717) is 12.0 Å². The van der Waals surface area contributed by atoms with Crippen LogP contribution >= 0.6 is 0 Å². The highest BCUT2D eigenvalue weighted by Crippen LogP contribution is 2.38. The number of likely N-dealkylation sites (N-methyl/N-ethyl adjacent to an activating group) is 1. The van der Waals surface area contributed by atoms with Crippen LogP contribution in [0.25, 0.3) is 5.65 Å². The SMILES string of the molecule is Cc1ccnc(N(C)C2CCN(c3ccc4nnc(C5CC5)n4n3)C2)n1. The van der Waals surface area contributed by atoms with Crippen molar-refractivity contribution in [2.75, 3.05) is 29.9 Å². The summed E-state index contributed by atoms with van der Waals surface area (Å²) in [6.07, 6.45) is 5.27. The van der Waals surface area contributed by atoms with E-state index in [1.165, 1.54) is 12.8 Å². The third-order valence-electron chi connectivity index (χ3n) is 5.35. The highest BCUT2D eigenvalue weighted by Gasteiger charge is 2.31. The lowest BCUT2D eigenvalue weighted by Gasteiger charge is -2.25. The number of aromatic nitrogens is 6. The first-order valence-electron chi connectivity index (χ1n) is 9.19. The smallest absolute Gasteiger partial charge is 0.225 e. The zero-order valence-corrected chi connectivity index (χ0v) is 15.1. The van der Waals surface area contributed by atoms with E-state index in [9.17, 15) is 0 Å². The van der Waals surface area contributed by atoms with Gasteiger partial charge in [0.25, 0.3) is 0 Å². The second kappa shape index (κ2) is 5.89. The fourth-order valence-electron chi connectivity index (χ4n) is 3.60. The molecule has 5 rings (SSSR count). The van der Waals surface area contributed by atoms with Crippen LogP contribution in [0.1, 0.15) is 36.7 Å². The van der Waals surface area contributed by atoms with Crippen molar-refractivity contribution < 1.29 is 0 Å². The van der Waals surface area contributed by atoms with E-state index >= 15 is 0 Å². The van der Waals surface area contributed by atoms with Crippen molar-refractivity contribution in [3.63, 3.8) is 0 Å². The van der Waals surface area contributed by atoms with Gasteiger partial charge < -0.3 is 9.80 Å². The predicted molar refractivity (Wildman–Crippen MR) is 98.5 cm³/mol. The molecule has 3 aromatic heterocycles. The summed E-state index contributed by atoms with van der Waals surface area (Å²) in [5, 5.41) is 13.4. The quantitative estimate of drug-likeness (QED) is 0.710. The highest BCUT2D eigenvalue weighted by atomic mass is 15.4. The Balaban J connectivity index is 1.37. The first-order valence-corrected chi connectivity index (χ1v) is 9.19. The van der Waals surface area contributed by atoms with Crippen molar-refractivity contribution in [2.24, 2.45) is 0 Å². The standard InChI is InChI=1S/C18H22N8/c1-12-7-9-19-18(20-12)24(2)14-8-10-25(11-14)16-6-5-15-21-22-17(13-3-4-13)26(15)23-16/h5-7,9,13-14H,3-4,8,10-11H2,1-2H3. The van der Waals surface area contributed by atoms with Crippen LogP contribution in [0.15, 0.2) is 24.4 Å². The van der Waals surface area contributed by atoms with Crippen LogP contribution in [0.4, 0.5) is 11.8 Å². The molecule has 1 atom stereocenters. The average Bonchev–Trinajstić information content (AvgIpc) is 3.22. The summed E-state index contributed by atoms with van der Waals surface area (Å²) in [5.41, 5.74) is 1.82. The third-order valence-corrected chi connectivity index (χ3v) is 5.35. The molecule has 0 spiro atoms. The molecule has 134 valence electrons. The van der Waals surface area contributed by atoms with Gasteiger partial charge >= 0.3 is 0 Å². The minimum atomic E-state index is 0.373. The molecule has 4 heterocycles. The van der Waals surface area contributed by atoms with Crippen LogP contribution in [0.3, 0.4) is 0 Å². The maximum atomic E-state index is 4.83. The number of nitrogens with zero attached hydrogens (tertiary/aromatic N) is 8. The number of rotatable bonds is 4. The fourth-order valence-corrected chi connectivity index (χ4v) is 3.60. The van der Waals surface area contributed by atoms with Crippen LogP contribution in [0.5, 0.6) is 0 Å². The molecule has 1 saturated heterocycles. The van der Waals surface area contributed by atoms with E-state index in [1.54, 1.807) is 0 Å². The van der Waals surface area contributed by atoms with E-state index in [4.69, 9.17) is 5.10 Å². The molecule has 2 aliphatic rings. The topological polar surface area (TPSA) is 75.3 Å². The Bertz CT molecular complexity index is 947. The van der Waals surface area contributed by atoms with Gasteiger partial charge in [0, 0.05) is 37.9 Å². The molecule has 1 unspecified atom stereocenters. The van der Waals surface area contributed by atoms with E-state index in [0.717, 1.165) is 48.4 Å². The first-order chi connectivity index (χ1) is 12.7. The van der Waals surface area contributed by atoms with Gasteiger partial charge in [0.15, 0.2) is 11.5 Å². The molecule has 8 nitrogen and oxygen atoms in total. The summed E-state index contributed by atoms with van der Waals surface area (Å²) in [5.74, 6) is 3.31. The van der Waals surface area contributed by atoms with Crippen molar-refractivity contribution in [3.8, 4) is 0 Å². The Morgan fingerprint density at radius 1 is 1.12 bits per heavy atom. The van der Waals surface area contributed by atoms with Gasteiger partial charge in [-0.05, 0) is 44.4 Å². The molecule has 26 heavy (non-hydrogen) atoms. The second-order valence-electron chi connectivity index (χ2n) is 7.29. The van der Waals surface area contributed by atoms with E-state index in [-0.39, 0.29) is 0 Å². The van der Waals surface area contributed by atoms with Gasteiger partial charge in [-0.3, -0.25) is 0 Å². The fraction of sp³-hybridized carbons (Fsp3) is 0.500. The molecule has 0 bridgehead atoms. The Labute approximate surface area is 151 Å². The molecular weight excluding hydrogens is 328 g/mol. The van der Waals surface area contributed by atoms with Gasteiger partial charge in [-0.1, -0.05) is 0 Å². The molecule has 2 fully saturated rings. The monoisotopic (exact) mass is 350 g/mol. The highest BCUT2D eigenvalue weighted by molar-refractivity contribution is 5.48. The normalized spacial score (nSPS) is 20.1. The van der Waals surface area contributed by atoms with E-state index in [1.807, 2.05) is 35.8 Å². The van der Waals surface area contributed by atoms with Gasteiger partial charge in [-0.15, -0.1) is 15.3 Å². The average molecular weight is 350 g/mol. The van der Waals surface area contributed by atoms with Crippen LogP contribution in [-0.4, -0.2) is 56.0 Å². The number of hydrogen-bond donors (Lipinski definition) is 0. The molecule has 8 heteroatoms. The third kappa shape index (κ3) is 2.65. The van der Waals surface area contributed by atoms with Gasteiger partial charge in [-0.25, -0.2) is 9.97 Å². The molecule has 3 aromatic rings. The molecule has 0 amide bonds. The number of aryl methyl sites for hydroxylation is 1. The molecular formula is C18H22N8. The van der Waals surface area contributed by atoms with Crippen LogP contribution in [0, 0.1) is 6.92 Å². The number of fused-ring (bicyclic) bond motifs is 1. The lowest BCUT2D eigenvalue weighted by atomic mass is 10.2. The lowest BCUT2D eigenvalue weighted by molar-refractivity contribution is 0.672. The van der Waals surface area contributed by atoms with Crippen molar-refractivity contribution >= 4 is 17.4 Å². The van der Waals surface area contributed by atoms with Gasteiger partial charge in [0.2, 0.25) is 5.95 Å².